The molecule has 1 amide bonds. The number of hydrogen-bond donors (Lipinski definition) is 2. The number of carbonyl (C=O) groups excluding carboxylic acids is 1. The van der Waals surface area contributed by atoms with Crippen molar-refractivity contribution in [3.8, 4) is 0 Å². The van der Waals surface area contributed by atoms with Gasteiger partial charge in [-0.1, -0.05) is 30.3 Å². The number of halogens is 1. The van der Waals surface area contributed by atoms with E-state index in [-0.39, 0.29) is 24.4 Å². The molecule has 2 heterocycles. The molecule has 0 bridgehead atoms. The Kier molecular flexibility index (Phi) is 6.45. The lowest BCUT2D eigenvalue weighted by Gasteiger charge is -2.39. The van der Waals surface area contributed by atoms with Crippen molar-refractivity contribution in [2.45, 2.75) is 50.1 Å². The third-order valence-corrected chi connectivity index (χ3v) is 5.19. The zero-order valence-corrected chi connectivity index (χ0v) is 14.5. The normalized spacial score (nSPS) is 26.8. The second-order valence-electron chi connectivity index (χ2n) is 6.53. The van der Waals surface area contributed by atoms with Crippen LogP contribution in [0.4, 0.5) is 0 Å². The van der Waals surface area contributed by atoms with E-state index < -0.39 is 5.41 Å². The zero-order valence-electron chi connectivity index (χ0n) is 13.7. The Labute approximate surface area is 144 Å². The first-order valence-corrected chi connectivity index (χ1v) is 8.40. The lowest BCUT2D eigenvalue weighted by molar-refractivity contribution is -0.131. The Morgan fingerprint density at radius 1 is 1.26 bits per heavy atom. The van der Waals surface area contributed by atoms with Gasteiger partial charge in [-0.3, -0.25) is 4.79 Å². The number of nitrogens with one attached hydrogen (secondary N) is 2. The fourth-order valence-electron chi connectivity index (χ4n) is 3.67. The topological polar surface area (TPSA) is 50.4 Å². The highest BCUT2D eigenvalue weighted by atomic mass is 35.5. The molecule has 2 N–H and O–H groups in total. The molecular weight excluding hydrogens is 312 g/mol. The van der Waals surface area contributed by atoms with Crippen LogP contribution in [0.25, 0.3) is 0 Å². The fourth-order valence-corrected chi connectivity index (χ4v) is 3.67. The van der Waals surface area contributed by atoms with E-state index in [0.29, 0.717) is 19.3 Å². The van der Waals surface area contributed by atoms with E-state index in [9.17, 15) is 4.79 Å². The number of amides is 1. The van der Waals surface area contributed by atoms with Gasteiger partial charge in [0.2, 0.25) is 5.91 Å². The van der Waals surface area contributed by atoms with Gasteiger partial charge in [0.15, 0.2) is 0 Å². The monoisotopic (exact) mass is 338 g/mol. The van der Waals surface area contributed by atoms with Gasteiger partial charge in [-0.25, -0.2) is 0 Å². The van der Waals surface area contributed by atoms with E-state index in [1.54, 1.807) is 0 Å². The molecule has 23 heavy (non-hydrogen) atoms. The largest absolute Gasteiger partial charge is 0.381 e. The van der Waals surface area contributed by atoms with Crippen LogP contribution in [0, 0.1) is 0 Å². The molecule has 2 atom stereocenters. The molecule has 3 rings (SSSR count). The number of ether oxygens (including phenoxy) is 1. The first-order chi connectivity index (χ1) is 10.7. The molecule has 2 aliphatic rings. The van der Waals surface area contributed by atoms with Crippen LogP contribution >= 0.6 is 12.4 Å². The second kappa shape index (κ2) is 8.13. The SMILES string of the molecule is CC1NCCCC1NC(=O)C1(c2ccccc2)CCOCC1.Cl. The molecule has 2 aliphatic heterocycles. The minimum atomic E-state index is -0.434. The molecule has 128 valence electrons. The van der Waals surface area contributed by atoms with Crippen LogP contribution < -0.4 is 10.6 Å². The molecule has 0 spiro atoms. The van der Waals surface area contributed by atoms with E-state index in [2.05, 4.69) is 29.7 Å². The molecule has 5 heteroatoms. The molecule has 0 aromatic heterocycles. The molecule has 2 unspecified atom stereocenters. The fraction of sp³-hybridized carbons (Fsp3) is 0.611. The maximum absolute atomic E-state index is 13.1. The highest BCUT2D eigenvalue weighted by Crippen LogP contribution is 2.35. The summed E-state index contributed by atoms with van der Waals surface area (Å²) in [7, 11) is 0. The highest BCUT2D eigenvalue weighted by Gasteiger charge is 2.42. The van der Waals surface area contributed by atoms with Gasteiger partial charge in [0.25, 0.3) is 0 Å². The number of piperidine rings is 1. The molecule has 1 aromatic carbocycles. The van der Waals surface area contributed by atoms with Crippen molar-refractivity contribution in [1.82, 2.24) is 10.6 Å². The van der Waals surface area contributed by atoms with Crippen molar-refractivity contribution in [3.05, 3.63) is 35.9 Å². The van der Waals surface area contributed by atoms with Crippen LogP contribution in [0.1, 0.15) is 38.2 Å². The van der Waals surface area contributed by atoms with Crippen LogP contribution in [0.5, 0.6) is 0 Å². The predicted molar refractivity (Wildman–Crippen MR) is 94.1 cm³/mol. The Bertz CT molecular complexity index is 503. The summed E-state index contributed by atoms with van der Waals surface area (Å²) >= 11 is 0. The number of carbonyl (C=O) groups is 1. The summed E-state index contributed by atoms with van der Waals surface area (Å²) in [5.74, 6) is 0.169. The summed E-state index contributed by atoms with van der Waals surface area (Å²) in [6.45, 7) is 4.51. The van der Waals surface area contributed by atoms with Crippen molar-refractivity contribution in [1.29, 1.82) is 0 Å². The molecule has 2 saturated heterocycles. The summed E-state index contributed by atoms with van der Waals surface area (Å²) in [6, 6.07) is 10.8. The van der Waals surface area contributed by atoms with Gasteiger partial charge in [-0.15, -0.1) is 12.4 Å². The third kappa shape index (κ3) is 3.87. The van der Waals surface area contributed by atoms with Crippen molar-refractivity contribution in [2.24, 2.45) is 0 Å². The van der Waals surface area contributed by atoms with E-state index in [0.717, 1.165) is 37.8 Å². The van der Waals surface area contributed by atoms with Crippen molar-refractivity contribution in [3.63, 3.8) is 0 Å². The summed E-state index contributed by atoms with van der Waals surface area (Å²) in [5, 5.41) is 6.77. The lowest BCUT2D eigenvalue weighted by atomic mass is 9.73. The average Bonchev–Trinajstić information content (AvgIpc) is 2.58. The van der Waals surface area contributed by atoms with Crippen LogP contribution in [0.15, 0.2) is 30.3 Å². The van der Waals surface area contributed by atoms with Gasteiger partial charge in [0.1, 0.15) is 0 Å². The molecule has 0 radical (unpaired) electrons. The minimum absolute atomic E-state index is 0. The van der Waals surface area contributed by atoms with Gasteiger partial charge in [0.05, 0.1) is 5.41 Å². The molecule has 1 aromatic rings. The van der Waals surface area contributed by atoms with Gasteiger partial charge in [-0.05, 0) is 44.7 Å². The summed E-state index contributed by atoms with van der Waals surface area (Å²) in [4.78, 5) is 13.1. The van der Waals surface area contributed by atoms with Crippen LogP contribution in [-0.2, 0) is 14.9 Å². The smallest absolute Gasteiger partial charge is 0.231 e. The number of hydrogen-bond acceptors (Lipinski definition) is 3. The standard InChI is InChI=1S/C18H26N2O2.ClH/c1-14-16(8-5-11-19-14)20-17(21)18(9-12-22-13-10-18)15-6-3-2-4-7-15;/h2-4,6-7,14,16,19H,5,8-13H2,1H3,(H,20,21);1H. The Hall–Kier alpha value is -1.10. The average molecular weight is 339 g/mol. The molecular formula is C18H27ClN2O2. The van der Waals surface area contributed by atoms with Crippen molar-refractivity contribution in [2.75, 3.05) is 19.8 Å². The third-order valence-electron chi connectivity index (χ3n) is 5.19. The second-order valence-corrected chi connectivity index (χ2v) is 6.53. The summed E-state index contributed by atoms with van der Waals surface area (Å²) in [6.07, 6.45) is 3.70. The lowest BCUT2D eigenvalue weighted by Crippen LogP contribution is -2.57. The van der Waals surface area contributed by atoms with Gasteiger partial charge in [-0.2, -0.15) is 0 Å². The zero-order chi connectivity index (χ0) is 15.4. The Morgan fingerprint density at radius 3 is 2.61 bits per heavy atom. The molecule has 4 nitrogen and oxygen atoms in total. The maximum Gasteiger partial charge on any atom is 0.231 e. The van der Waals surface area contributed by atoms with Gasteiger partial charge >= 0.3 is 0 Å². The first kappa shape index (κ1) is 18.2. The molecule has 2 fully saturated rings. The number of benzene rings is 1. The minimum Gasteiger partial charge on any atom is -0.381 e. The van der Waals surface area contributed by atoms with E-state index in [1.807, 2.05) is 18.2 Å². The van der Waals surface area contributed by atoms with E-state index >= 15 is 0 Å². The molecule has 0 aliphatic carbocycles. The highest BCUT2D eigenvalue weighted by molar-refractivity contribution is 5.88. The Morgan fingerprint density at radius 2 is 1.96 bits per heavy atom. The van der Waals surface area contributed by atoms with Gasteiger partial charge in [0, 0.05) is 25.3 Å². The molecule has 0 saturated carbocycles. The van der Waals surface area contributed by atoms with Crippen LogP contribution in [0.2, 0.25) is 0 Å². The summed E-state index contributed by atoms with van der Waals surface area (Å²) in [5.41, 5.74) is 0.684. The maximum atomic E-state index is 13.1. The van der Waals surface area contributed by atoms with Crippen LogP contribution in [-0.4, -0.2) is 37.7 Å². The summed E-state index contributed by atoms with van der Waals surface area (Å²) < 4.78 is 5.52. The Balaban J connectivity index is 0.00000192. The first-order valence-electron chi connectivity index (χ1n) is 8.40. The van der Waals surface area contributed by atoms with E-state index in [4.69, 9.17) is 4.74 Å². The number of rotatable bonds is 3. The van der Waals surface area contributed by atoms with Crippen molar-refractivity contribution >= 4 is 18.3 Å². The van der Waals surface area contributed by atoms with Crippen LogP contribution in [0.3, 0.4) is 0 Å². The van der Waals surface area contributed by atoms with Crippen molar-refractivity contribution < 1.29 is 9.53 Å². The van der Waals surface area contributed by atoms with E-state index in [1.165, 1.54) is 0 Å². The quantitative estimate of drug-likeness (QED) is 0.890. The van der Waals surface area contributed by atoms with Gasteiger partial charge < -0.3 is 15.4 Å². The predicted octanol–water partition coefficient (Wildman–Crippen LogP) is 2.41.